The van der Waals surface area contributed by atoms with Crippen molar-refractivity contribution in [2.24, 2.45) is 10.9 Å². The first kappa shape index (κ1) is 25.1. The van der Waals surface area contributed by atoms with Gasteiger partial charge in [-0.25, -0.2) is 18.1 Å². The maximum absolute atomic E-state index is 11.8. The number of guanidine groups is 1. The highest BCUT2D eigenvalue weighted by Crippen LogP contribution is 2.18. The Morgan fingerprint density at radius 1 is 1.25 bits per heavy atom. The van der Waals surface area contributed by atoms with Crippen LogP contribution in [0.5, 0.6) is 0 Å². The molecule has 1 aliphatic rings. The van der Waals surface area contributed by atoms with E-state index in [4.69, 9.17) is 0 Å². The molecule has 1 saturated heterocycles. The predicted molar refractivity (Wildman–Crippen MR) is 126 cm³/mol. The van der Waals surface area contributed by atoms with E-state index in [-0.39, 0.29) is 28.9 Å². The summed E-state index contributed by atoms with van der Waals surface area (Å²) >= 11 is 0. The van der Waals surface area contributed by atoms with Gasteiger partial charge in [-0.3, -0.25) is 4.90 Å². The minimum absolute atomic E-state index is 0. The molecule has 0 spiro atoms. The lowest BCUT2D eigenvalue weighted by Gasteiger charge is -2.22. The smallest absolute Gasteiger partial charge is 0.240 e. The van der Waals surface area contributed by atoms with E-state index in [0.29, 0.717) is 24.5 Å². The number of aliphatic imine (C=N–C) groups is 1. The zero-order valence-electron chi connectivity index (χ0n) is 17.4. The van der Waals surface area contributed by atoms with Crippen LogP contribution < -0.4 is 15.4 Å². The van der Waals surface area contributed by atoms with Crippen LogP contribution in [0.2, 0.25) is 0 Å². The molecule has 2 unspecified atom stereocenters. The minimum atomic E-state index is -3.40. The van der Waals surface area contributed by atoms with Crippen molar-refractivity contribution in [1.82, 2.24) is 20.3 Å². The molecule has 1 fully saturated rings. The topological polar surface area (TPSA) is 85.8 Å². The first-order valence-electron chi connectivity index (χ1n) is 9.58. The summed E-state index contributed by atoms with van der Waals surface area (Å²) in [5, 5.41) is 6.86. The Morgan fingerprint density at radius 3 is 2.39 bits per heavy atom. The van der Waals surface area contributed by atoms with Gasteiger partial charge in [0.1, 0.15) is 0 Å². The van der Waals surface area contributed by atoms with Gasteiger partial charge in [0.05, 0.1) is 11.4 Å². The highest BCUT2D eigenvalue weighted by atomic mass is 127. The number of halogens is 1. The molecule has 160 valence electrons. The highest BCUT2D eigenvalue weighted by molar-refractivity contribution is 14.0. The third-order valence-corrected chi connectivity index (χ3v) is 6.39. The van der Waals surface area contributed by atoms with E-state index < -0.39 is 10.0 Å². The van der Waals surface area contributed by atoms with Crippen molar-refractivity contribution in [3.05, 3.63) is 29.8 Å². The molecule has 0 bridgehead atoms. The van der Waals surface area contributed by atoms with Crippen molar-refractivity contribution in [3.8, 4) is 0 Å². The molecule has 2 rings (SSSR count). The zero-order chi connectivity index (χ0) is 20.0. The zero-order valence-corrected chi connectivity index (χ0v) is 20.5. The molecule has 1 heterocycles. The molecule has 0 saturated carbocycles. The number of hydrogen-bond donors (Lipinski definition) is 3. The lowest BCUT2D eigenvalue weighted by Crippen LogP contribution is -2.46. The van der Waals surface area contributed by atoms with Crippen molar-refractivity contribution < 1.29 is 8.42 Å². The van der Waals surface area contributed by atoms with Crippen LogP contribution in [0, 0.1) is 5.92 Å². The van der Waals surface area contributed by atoms with Crippen molar-refractivity contribution in [2.75, 3.05) is 26.7 Å². The molecule has 1 aliphatic heterocycles. The summed E-state index contributed by atoms with van der Waals surface area (Å²) < 4.78 is 25.9. The van der Waals surface area contributed by atoms with Gasteiger partial charge in [0.25, 0.3) is 0 Å². The Bertz CT molecular complexity index is 737. The van der Waals surface area contributed by atoms with Crippen molar-refractivity contribution >= 4 is 40.0 Å². The summed E-state index contributed by atoms with van der Waals surface area (Å²) in [4.78, 5) is 7.41. The fraction of sp³-hybridized carbons (Fsp3) is 0.632. The predicted octanol–water partition coefficient (Wildman–Crippen LogP) is 2.00. The quantitative estimate of drug-likeness (QED) is 0.289. The van der Waals surface area contributed by atoms with Crippen LogP contribution in [0.1, 0.15) is 33.3 Å². The van der Waals surface area contributed by atoms with Gasteiger partial charge in [-0.1, -0.05) is 19.1 Å². The summed E-state index contributed by atoms with van der Waals surface area (Å²) in [6, 6.07) is 7.73. The molecule has 7 nitrogen and oxygen atoms in total. The van der Waals surface area contributed by atoms with Crippen LogP contribution in [-0.2, 0) is 16.6 Å². The maximum Gasteiger partial charge on any atom is 0.240 e. The number of nitrogens with zero attached hydrogens (tertiary/aromatic N) is 2. The van der Waals surface area contributed by atoms with Gasteiger partial charge in [-0.05, 0) is 51.4 Å². The van der Waals surface area contributed by atoms with Gasteiger partial charge < -0.3 is 10.6 Å². The summed E-state index contributed by atoms with van der Waals surface area (Å²) in [6.07, 6.45) is 0. The normalized spacial score (nSPS) is 20.9. The van der Waals surface area contributed by atoms with Gasteiger partial charge in [0.15, 0.2) is 5.96 Å². The van der Waals surface area contributed by atoms with E-state index in [9.17, 15) is 8.42 Å². The summed E-state index contributed by atoms with van der Waals surface area (Å²) in [5.41, 5.74) is 0.963. The van der Waals surface area contributed by atoms with E-state index in [1.165, 1.54) is 7.05 Å². The first-order valence-corrected chi connectivity index (χ1v) is 11.1. The van der Waals surface area contributed by atoms with E-state index in [0.717, 1.165) is 31.2 Å². The average Bonchev–Trinajstić information content (AvgIpc) is 3.01. The van der Waals surface area contributed by atoms with Crippen LogP contribution in [0.3, 0.4) is 0 Å². The molecule has 9 heteroatoms. The summed E-state index contributed by atoms with van der Waals surface area (Å²) in [7, 11) is -2.00. The lowest BCUT2D eigenvalue weighted by atomic mass is 10.1. The Kier molecular flexibility index (Phi) is 10.2. The SMILES string of the molecule is CCNC(=NCc1ccc(S(=O)(=O)NC)cc1)NC1CN(C(C)C)CC1C.I. The number of hydrogen-bond acceptors (Lipinski definition) is 4. The third-order valence-electron chi connectivity index (χ3n) is 4.96. The van der Waals surface area contributed by atoms with Crippen molar-refractivity contribution in [2.45, 2.75) is 51.2 Å². The largest absolute Gasteiger partial charge is 0.357 e. The number of likely N-dealkylation sites (tertiary alicyclic amines) is 1. The van der Waals surface area contributed by atoms with Crippen LogP contribution in [-0.4, -0.2) is 58.0 Å². The molecule has 0 radical (unpaired) electrons. The van der Waals surface area contributed by atoms with Gasteiger partial charge in [-0.2, -0.15) is 0 Å². The highest BCUT2D eigenvalue weighted by Gasteiger charge is 2.31. The number of rotatable bonds is 7. The van der Waals surface area contributed by atoms with E-state index >= 15 is 0 Å². The van der Waals surface area contributed by atoms with E-state index in [2.05, 4.69) is 46.0 Å². The fourth-order valence-electron chi connectivity index (χ4n) is 3.17. The number of nitrogens with one attached hydrogen (secondary N) is 3. The Hall–Kier alpha value is -0.910. The molecular weight excluding hydrogens is 489 g/mol. The molecular formula is C19H34IN5O2S. The number of benzene rings is 1. The number of sulfonamides is 1. The molecule has 1 aromatic carbocycles. The molecule has 0 aliphatic carbocycles. The van der Waals surface area contributed by atoms with Gasteiger partial charge >= 0.3 is 0 Å². The average molecular weight is 523 g/mol. The second-order valence-corrected chi connectivity index (χ2v) is 9.21. The summed E-state index contributed by atoms with van der Waals surface area (Å²) in [6.45, 7) is 12.2. The second-order valence-electron chi connectivity index (χ2n) is 7.32. The molecule has 0 amide bonds. The van der Waals surface area contributed by atoms with Crippen LogP contribution in [0.4, 0.5) is 0 Å². The molecule has 2 atom stereocenters. The second kappa shape index (κ2) is 11.3. The minimum Gasteiger partial charge on any atom is -0.357 e. The van der Waals surface area contributed by atoms with E-state index in [1.54, 1.807) is 24.3 Å². The Morgan fingerprint density at radius 2 is 1.89 bits per heavy atom. The Balaban J connectivity index is 0.00000392. The lowest BCUT2D eigenvalue weighted by molar-refractivity contribution is 0.265. The van der Waals surface area contributed by atoms with Crippen LogP contribution in [0.15, 0.2) is 34.2 Å². The van der Waals surface area contributed by atoms with Gasteiger partial charge in [-0.15, -0.1) is 24.0 Å². The standard InChI is InChI=1S/C19H33N5O2S.HI/c1-6-21-19(23-18-13-24(14(2)3)12-15(18)4)22-11-16-7-9-17(10-8-16)27(25,26)20-5;/h7-10,14-15,18,20H,6,11-13H2,1-5H3,(H2,21,22,23);1H. The van der Waals surface area contributed by atoms with Crippen LogP contribution >= 0.6 is 24.0 Å². The van der Waals surface area contributed by atoms with Crippen molar-refractivity contribution in [1.29, 1.82) is 0 Å². The molecule has 0 aromatic heterocycles. The van der Waals surface area contributed by atoms with Crippen LogP contribution in [0.25, 0.3) is 0 Å². The Labute approximate surface area is 186 Å². The third kappa shape index (κ3) is 6.85. The molecule has 3 N–H and O–H groups in total. The monoisotopic (exact) mass is 523 g/mol. The molecule has 1 aromatic rings. The molecule has 28 heavy (non-hydrogen) atoms. The van der Waals surface area contributed by atoms with Crippen molar-refractivity contribution in [3.63, 3.8) is 0 Å². The van der Waals surface area contributed by atoms with E-state index in [1.807, 2.05) is 6.92 Å². The van der Waals surface area contributed by atoms with Gasteiger partial charge in [0.2, 0.25) is 10.0 Å². The first-order chi connectivity index (χ1) is 12.8. The fourth-order valence-corrected chi connectivity index (χ4v) is 3.90. The maximum atomic E-state index is 11.8. The summed E-state index contributed by atoms with van der Waals surface area (Å²) in [5.74, 6) is 1.36. The van der Waals surface area contributed by atoms with Gasteiger partial charge in [0, 0.05) is 31.7 Å².